The summed E-state index contributed by atoms with van der Waals surface area (Å²) in [6.07, 6.45) is 10.7. The third kappa shape index (κ3) is 5.38. The van der Waals surface area contributed by atoms with E-state index in [1.165, 1.54) is 24.1 Å². The van der Waals surface area contributed by atoms with Crippen molar-refractivity contribution in [3.63, 3.8) is 0 Å². The van der Waals surface area contributed by atoms with Crippen LogP contribution in [0.3, 0.4) is 0 Å². The van der Waals surface area contributed by atoms with Gasteiger partial charge in [0.25, 0.3) is 11.5 Å². The minimum Gasteiger partial charge on any atom is -0.378 e. The number of amides is 1. The van der Waals surface area contributed by atoms with E-state index in [0.29, 0.717) is 42.4 Å². The van der Waals surface area contributed by atoms with Crippen molar-refractivity contribution in [2.24, 2.45) is 7.05 Å². The molecule has 1 atom stereocenters. The maximum atomic E-state index is 13.9. The smallest absolute Gasteiger partial charge is 0.276 e. The number of nitrogens with one attached hydrogen (secondary N) is 1. The number of carbonyl (C=O) groups excluding carboxylic acids is 1. The number of piperazine rings is 1. The van der Waals surface area contributed by atoms with Gasteiger partial charge in [0.05, 0.1) is 31.1 Å². The molecule has 0 bridgehead atoms. The quantitative estimate of drug-likeness (QED) is 0.315. The Balaban J connectivity index is 1.04. The van der Waals surface area contributed by atoms with E-state index in [-0.39, 0.29) is 11.5 Å². The highest BCUT2D eigenvalue weighted by molar-refractivity contribution is 6.06. The van der Waals surface area contributed by atoms with Gasteiger partial charge >= 0.3 is 0 Å². The molecule has 3 aliphatic heterocycles. The summed E-state index contributed by atoms with van der Waals surface area (Å²) in [6.45, 7) is 10.4. The monoisotopic (exact) mass is 648 g/mol. The third-order valence-corrected chi connectivity index (χ3v) is 10.7. The molecule has 0 saturated carbocycles. The number of ether oxygens (including phenoxy) is 1. The van der Waals surface area contributed by atoms with Crippen LogP contribution in [-0.4, -0.2) is 81.4 Å². The molecule has 4 aromatic heterocycles. The van der Waals surface area contributed by atoms with E-state index < -0.39 is 0 Å². The second kappa shape index (κ2) is 12.5. The topological polar surface area (TPSA) is 101 Å². The molecule has 11 nitrogen and oxygen atoms in total. The van der Waals surface area contributed by atoms with Gasteiger partial charge in [-0.15, -0.1) is 0 Å². The Hall–Kier alpha value is -4.48. The molecular weight excluding hydrogens is 604 g/mol. The summed E-state index contributed by atoms with van der Waals surface area (Å²) >= 11 is 0. The highest BCUT2D eigenvalue weighted by atomic mass is 16.5. The van der Waals surface area contributed by atoms with Crippen molar-refractivity contribution in [1.29, 1.82) is 0 Å². The fourth-order valence-corrected chi connectivity index (χ4v) is 8.02. The Morgan fingerprint density at radius 2 is 1.85 bits per heavy atom. The van der Waals surface area contributed by atoms with Gasteiger partial charge in [-0.05, 0) is 80.5 Å². The van der Waals surface area contributed by atoms with E-state index in [0.717, 1.165) is 80.3 Å². The van der Waals surface area contributed by atoms with Gasteiger partial charge < -0.3 is 24.1 Å². The van der Waals surface area contributed by atoms with Crippen LogP contribution in [0.2, 0.25) is 0 Å². The number of hydrogen-bond acceptors (Lipinski definition) is 8. The summed E-state index contributed by atoms with van der Waals surface area (Å²) in [5, 5.41) is 3.29. The first-order valence-corrected chi connectivity index (χ1v) is 17.4. The first-order valence-electron chi connectivity index (χ1n) is 17.4. The minimum absolute atomic E-state index is 0.0107. The molecule has 250 valence electrons. The summed E-state index contributed by atoms with van der Waals surface area (Å²) in [7, 11) is 1.77. The fraction of sp³-hybridized carbons (Fsp3) is 0.459. The minimum atomic E-state index is -0.141. The third-order valence-electron chi connectivity index (χ3n) is 10.7. The number of anilines is 4. The number of aromatic nitrogens is 4. The molecule has 7 heterocycles. The Morgan fingerprint density at radius 1 is 1.00 bits per heavy atom. The van der Waals surface area contributed by atoms with Crippen LogP contribution in [0.1, 0.15) is 54.0 Å². The van der Waals surface area contributed by atoms with E-state index in [2.05, 4.69) is 45.7 Å². The molecule has 48 heavy (non-hydrogen) atoms. The van der Waals surface area contributed by atoms with Crippen LogP contribution < -0.4 is 20.7 Å². The van der Waals surface area contributed by atoms with E-state index in [1.807, 2.05) is 35.5 Å². The van der Waals surface area contributed by atoms with Gasteiger partial charge in [0.1, 0.15) is 23.0 Å². The van der Waals surface area contributed by atoms with Gasteiger partial charge in [0, 0.05) is 75.0 Å². The number of carbonyl (C=O) groups is 1. The lowest BCUT2D eigenvalue weighted by molar-refractivity contribution is -0.0691. The Kier molecular flexibility index (Phi) is 8.04. The van der Waals surface area contributed by atoms with Crippen molar-refractivity contribution < 1.29 is 9.53 Å². The molecule has 0 aromatic carbocycles. The molecule has 4 aromatic rings. The summed E-state index contributed by atoms with van der Waals surface area (Å²) in [6, 6.07) is 10.9. The van der Waals surface area contributed by atoms with Gasteiger partial charge in [-0.1, -0.05) is 6.92 Å². The molecule has 8 rings (SSSR count). The second-order valence-electron chi connectivity index (χ2n) is 13.6. The van der Waals surface area contributed by atoms with E-state index in [4.69, 9.17) is 14.7 Å². The van der Waals surface area contributed by atoms with Crippen LogP contribution >= 0.6 is 0 Å². The van der Waals surface area contributed by atoms with Gasteiger partial charge in [-0.3, -0.25) is 19.4 Å². The van der Waals surface area contributed by atoms with Crippen LogP contribution in [-0.2, 0) is 37.6 Å². The summed E-state index contributed by atoms with van der Waals surface area (Å²) in [4.78, 5) is 43.5. The van der Waals surface area contributed by atoms with E-state index in [9.17, 15) is 9.59 Å². The maximum absolute atomic E-state index is 13.9. The molecule has 2 saturated heterocycles. The largest absolute Gasteiger partial charge is 0.378 e. The van der Waals surface area contributed by atoms with Gasteiger partial charge in [-0.2, -0.15) is 0 Å². The lowest BCUT2D eigenvalue weighted by Gasteiger charge is -2.46. The standard InChI is InChI=1S/C37H44N8O3/c1-4-29-30(11-12-38-35(29)45-16-15-44-32-8-6-5-7-25(32)18-33(44)37(45)47)26-17-31(36(46)41(3)21-26)40-34-10-9-27(19-39-34)43-14-13-42(20-24(43)2)28-22-48-23-28/h9-12,17-19,21,24,28H,4-8,13-16,20,22-23H2,1-3H3,(H,39,40)/t24-/m0/s1. The molecule has 4 aliphatic rings. The molecule has 11 heteroatoms. The second-order valence-corrected chi connectivity index (χ2v) is 13.6. The van der Waals surface area contributed by atoms with Gasteiger partial charge in [-0.25, -0.2) is 9.97 Å². The number of nitrogens with zero attached hydrogens (tertiary/aromatic N) is 7. The Bertz CT molecular complexity index is 1910. The van der Waals surface area contributed by atoms with Crippen LogP contribution in [0.4, 0.5) is 23.0 Å². The summed E-state index contributed by atoms with van der Waals surface area (Å²) < 4.78 is 9.24. The average molecular weight is 649 g/mol. The molecular formula is C37H44N8O3. The van der Waals surface area contributed by atoms with Crippen LogP contribution in [0.5, 0.6) is 0 Å². The Labute approximate surface area is 281 Å². The van der Waals surface area contributed by atoms with Gasteiger partial charge in [0.15, 0.2) is 0 Å². The number of fused-ring (bicyclic) bond motifs is 3. The zero-order valence-corrected chi connectivity index (χ0v) is 28.1. The zero-order chi connectivity index (χ0) is 32.9. The predicted molar refractivity (Wildman–Crippen MR) is 188 cm³/mol. The number of aryl methyl sites for hydroxylation is 2. The zero-order valence-electron chi connectivity index (χ0n) is 28.1. The summed E-state index contributed by atoms with van der Waals surface area (Å²) in [5.41, 5.74) is 7.64. The molecule has 1 amide bonds. The van der Waals surface area contributed by atoms with Crippen molar-refractivity contribution in [3.8, 4) is 11.1 Å². The van der Waals surface area contributed by atoms with Crippen LogP contribution in [0.25, 0.3) is 11.1 Å². The maximum Gasteiger partial charge on any atom is 0.276 e. The fourth-order valence-electron chi connectivity index (χ4n) is 8.02. The van der Waals surface area contributed by atoms with Crippen molar-refractivity contribution in [3.05, 3.63) is 81.8 Å². The predicted octanol–water partition coefficient (Wildman–Crippen LogP) is 4.40. The number of rotatable bonds is 7. The SMILES string of the molecule is CCc1c(-c2cc(Nc3ccc(N4CCN(C5COC5)C[C@@H]4C)cn3)c(=O)n(C)c2)ccnc1N1CCn2c(cc3c2CCCC3)C1=O. The first kappa shape index (κ1) is 30.8. The lowest BCUT2D eigenvalue weighted by atomic mass is 9.98. The lowest BCUT2D eigenvalue weighted by Crippen LogP contribution is -2.59. The molecule has 2 fully saturated rings. The van der Waals surface area contributed by atoms with Crippen molar-refractivity contribution >= 4 is 28.9 Å². The van der Waals surface area contributed by atoms with Crippen molar-refractivity contribution in [2.75, 3.05) is 54.5 Å². The molecule has 1 aliphatic carbocycles. The molecule has 0 radical (unpaired) electrons. The normalized spacial score (nSPS) is 20.0. The highest BCUT2D eigenvalue weighted by Gasteiger charge is 2.33. The van der Waals surface area contributed by atoms with Crippen LogP contribution in [0, 0.1) is 0 Å². The number of pyridine rings is 3. The van der Waals surface area contributed by atoms with E-state index >= 15 is 0 Å². The Morgan fingerprint density at radius 3 is 2.60 bits per heavy atom. The average Bonchev–Trinajstić information content (AvgIpc) is 3.46. The van der Waals surface area contributed by atoms with Crippen molar-refractivity contribution in [2.45, 2.75) is 64.6 Å². The molecule has 0 spiro atoms. The van der Waals surface area contributed by atoms with Crippen molar-refractivity contribution in [1.82, 2.24) is 24.0 Å². The molecule has 1 N–H and O–H groups in total. The summed E-state index contributed by atoms with van der Waals surface area (Å²) in [5.74, 6) is 1.32. The first-order chi connectivity index (χ1) is 23.4. The highest BCUT2D eigenvalue weighted by Crippen LogP contribution is 2.35. The van der Waals surface area contributed by atoms with Gasteiger partial charge in [0.2, 0.25) is 0 Å². The number of hydrogen-bond donors (Lipinski definition) is 1. The van der Waals surface area contributed by atoms with Crippen LogP contribution in [0.15, 0.2) is 53.7 Å². The molecule has 0 unspecified atom stereocenters. The van der Waals surface area contributed by atoms with E-state index in [1.54, 1.807) is 17.8 Å².